The maximum atomic E-state index is 4.36. The van der Waals surface area contributed by atoms with Crippen LogP contribution in [0.2, 0.25) is 0 Å². The molecule has 290 valence electrons. The molecule has 0 bridgehead atoms. The summed E-state index contributed by atoms with van der Waals surface area (Å²) in [6.45, 7) is 4.36. The number of nitrogens with one attached hydrogen (secondary N) is 1. The Kier molecular flexibility index (Phi) is 10.6. The lowest BCUT2D eigenvalue weighted by atomic mass is 9.92. The van der Waals surface area contributed by atoms with Crippen LogP contribution in [0.3, 0.4) is 0 Å². The first-order valence-electron chi connectivity index (χ1n) is 20.8. The molecule has 1 nitrogen and oxygen atoms in total. The average molecular weight is 798 g/mol. The highest BCUT2D eigenvalue weighted by atomic mass is 32.2. The van der Waals surface area contributed by atoms with E-state index < -0.39 is 0 Å². The molecule has 1 N–H and O–H groups in total. The van der Waals surface area contributed by atoms with Gasteiger partial charge in [0.05, 0.1) is 0 Å². The van der Waals surface area contributed by atoms with Crippen molar-refractivity contribution >= 4 is 77.8 Å². The van der Waals surface area contributed by atoms with Crippen LogP contribution < -0.4 is 5.32 Å². The Balaban J connectivity index is 0.945. The van der Waals surface area contributed by atoms with Crippen molar-refractivity contribution in [3.63, 3.8) is 0 Å². The fourth-order valence-corrected chi connectivity index (χ4v) is 9.35. The third-order valence-corrected chi connectivity index (χ3v) is 12.6. The largest absolute Gasteiger partial charge is 0.362 e. The van der Waals surface area contributed by atoms with Crippen LogP contribution in [0.4, 0.5) is 5.69 Å². The summed E-state index contributed by atoms with van der Waals surface area (Å²) in [6, 6.07) is 63.7. The van der Waals surface area contributed by atoms with Crippen molar-refractivity contribution in [1.29, 1.82) is 0 Å². The van der Waals surface area contributed by atoms with E-state index in [0.717, 1.165) is 28.1 Å². The van der Waals surface area contributed by atoms with Gasteiger partial charge in [0.2, 0.25) is 0 Å². The molecule has 0 saturated carbocycles. The number of rotatable bonds is 8. The zero-order valence-electron chi connectivity index (χ0n) is 33.8. The maximum Gasteiger partial charge on any atom is 0.0380 e. The molecule has 0 spiro atoms. The quantitative estimate of drug-likeness (QED) is 0.121. The number of hydrogen-bond donors (Lipinski definition) is 1. The van der Waals surface area contributed by atoms with Crippen LogP contribution in [0.5, 0.6) is 0 Å². The summed E-state index contributed by atoms with van der Waals surface area (Å²) < 4.78 is 0. The summed E-state index contributed by atoms with van der Waals surface area (Å²) >= 11 is 1.85. The molecular formula is C59H43NS. The van der Waals surface area contributed by atoms with E-state index >= 15 is 0 Å². The van der Waals surface area contributed by atoms with Crippen molar-refractivity contribution in [2.75, 3.05) is 11.1 Å². The standard InChI is InChI=1S/C59H43NS/c1-41-14-3-2-12-37-61-59-35-32-46(38-56(41)59)43-27-24-42(25-28-43)26-29-44(57-39-47-15-4-6-18-50(47)52-20-8-10-22-54(52)57)17-13-36-60-49-33-30-45(31-34-49)58-40-48-16-5-7-19-51(48)53-21-9-11-23-55(53)58/h2-36,38-40,60H,1,37H2/b12-2-,14-3-,29-26-,36-13+,44-17+. The van der Waals surface area contributed by atoms with E-state index in [9.17, 15) is 0 Å². The number of allylic oxidation sites excluding steroid dienone is 8. The molecule has 10 rings (SSSR count). The van der Waals surface area contributed by atoms with Crippen LogP contribution >= 0.6 is 11.8 Å². The van der Waals surface area contributed by atoms with Gasteiger partial charge in [0.15, 0.2) is 0 Å². The van der Waals surface area contributed by atoms with Crippen molar-refractivity contribution < 1.29 is 0 Å². The van der Waals surface area contributed by atoms with E-state index in [1.54, 1.807) is 0 Å². The Morgan fingerprint density at radius 3 is 1.92 bits per heavy atom. The first-order chi connectivity index (χ1) is 30.2. The topological polar surface area (TPSA) is 12.0 Å². The zero-order valence-corrected chi connectivity index (χ0v) is 34.6. The van der Waals surface area contributed by atoms with Gasteiger partial charge in [0, 0.05) is 22.5 Å². The van der Waals surface area contributed by atoms with Gasteiger partial charge in [0.25, 0.3) is 0 Å². The van der Waals surface area contributed by atoms with E-state index in [1.807, 2.05) is 18.0 Å². The van der Waals surface area contributed by atoms with Gasteiger partial charge >= 0.3 is 0 Å². The van der Waals surface area contributed by atoms with E-state index in [0.29, 0.717) is 0 Å². The predicted octanol–water partition coefficient (Wildman–Crippen LogP) is 16.6. The molecule has 1 heterocycles. The number of fused-ring (bicyclic) bond motifs is 7. The summed E-state index contributed by atoms with van der Waals surface area (Å²) in [7, 11) is 0. The van der Waals surface area contributed by atoms with E-state index in [4.69, 9.17) is 0 Å². The molecule has 0 aromatic heterocycles. The molecule has 0 atom stereocenters. The molecule has 1 aliphatic heterocycles. The smallest absolute Gasteiger partial charge is 0.0380 e. The van der Waals surface area contributed by atoms with E-state index in [1.165, 1.54) is 81.4 Å². The van der Waals surface area contributed by atoms with Gasteiger partial charge in [-0.3, -0.25) is 0 Å². The second-order valence-corrected chi connectivity index (χ2v) is 16.4. The van der Waals surface area contributed by atoms with Crippen LogP contribution in [0.25, 0.3) is 82.6 Å². The minimum Gasteiger partial charge on any atom is -0.362 e. The van der Waals surface area contributed by atoms with E-state index in [2.05, 4.69) is 236 Å². The minimum atomic E-state index is 0.946. The Morgan fingerprint density at radius 1 is 0.541 bits per heavy atom. The molecule has 0 aliphatic carbocycles. The van der Waals surface area contributed by atoms with E-state index in [-0.39, 0.29) is 0 Å². The Labute approximate surface area is 362 Å². The minimum absolute atomic E-state index is 0.946. The fourth-order valence-electron chi connectivity index (χ4n) is 8.46. The molecule has 0 radical (unpaired) electrons. The first-order valence-corrected chi connectivity index (χ1v) is 21.8. The molecule has 0 fully saturated rings. The van der Waals surface area contributed by atoms with Gasteiger partial charge in [-0.15, -0.1) is 11.8 Å². The van der Waals surface area contributed by atoms with Crippen LogP contribution in [-0.4, -0.2) is 5.75 Å². The molecule has 2 heteroatoms. The van der Waals surface area contributed by atoms with Gasteiger partial charge < -0.3 is 5.32 Å². The SMILES string of the molecule is C=C1/C=C\C=C/CSc2ccc(-c3ccc(\C=C/C(=C\C=C\Nc4ccc(-c5cc6ccccc6c6ccccc56)cc4)c4cc5ccccc5c5ccccc45)cc3)cc21. The molecule has 9 aromatic rings. The predicted molar refractivity (Wildman–Crippen MR) is 268 cm³/mol. The molecule has 0 unspecified atom stereocenters. The summed E-state index contributed by atoms with van der Waals surface area (Å²) in [5.41, 5.74) is 11.5. The Hall–Kier alpha value is -7.39. The summed E-state index contributed by atoms with van der Waals surface area (Å²) in [6.07, 6.45) is 19.3. The van der Waals surface area contributed by atoms with Gasteiger partial charge in [0.1, 0.15) is 0 Å². The highest BCUT2D eigenvalue weighted by Crippen LogP contribution is 2.37. The third kappa shape index (κ3) is 7.90. The van der Waals surface area contributed by atoms with Crippen LogP contribution in [0.1, 0.15) is 16.7 Å². The monoisotopic (exact) mass is 797 g/mol. The number of thioether (sulfide) groups is 1. The third-order valence-electron chi connectivity index (χ3n) is 11.6. The highest BCUT2D eigenvalue weighted by molar-refractivity contribution is 7.99. The molecular weight excluding hydrogens is 755 g/mol. The zero-order chi connectivity index (χ0) is 41.0. The second-order valence-electron chi connectivity index (χ2n) is 15.4. The second kappa shape index (κ2) is 17.1. The normalized spacial score (nSPS) is 14.4. The lowest BCUT2D eigenvalue weighted by Gasteiger charge is -2.12. The molecule has 0 amide bonds. The summed E-state index contributed by atoms with van der Waals surface area (Å²) in [5, 5.41) is 13.6. The molecule has 61 heavy (non-hydrogen) atoms. The van der Waals surface area contributed by atoms with Crippen molar-refractivity contribution in [2.45, 2.75) is 4.90 Å². The number of anilines is 1. The lowest BCUT2D eigenvalue weighted by Crippen LogP contribution is -1.89. The number of benzene rings is 9. The summed E-state index contributed by atoms with van der Waals surface area (Å²) in [5.74, 6) is 0.946. The van der Waals surface area contributed by atoms with Gasteiger partial charge in [-0.1, -0.05) is 189 Å². The van der Waals surface area contributed by atoms with Gasteiger partial charge in [-0.25, -0.2) is 0 Å². The van der Waals surface area contributed by atoms with Crippen molar-refractivity contribution in [3.8, 4) is 22.3 Å². The van der Waals surface area contributed by atoms with Crippen molar-refractivity contribution in [3.05, 3.63) is 248 Å². The molecule has 1 aliphatic rings. The molecule has 0 saturated heterocycles. The Bertz CT molecular complexity index is 3270. The lowest BCUT2D eigenvalue weighted by molar-refractivity contribution is 1.40. The van der Waals surface area contributed by atoms with Crippen LogP contribution in [0.15, 0.2) is 236 Å². The fraction of sp³-hybridized carbons (Fsp3) is 0.0169. The highest BCUT2D eigenvalue weighted by Gasteiger charge is 2.12. The Morgan fingerprint density at radius 2 is 1.16 bits per heavy atom. The van der Waals surface area contributed by atoms with Crippen LogP contribution in [-0.2, 0) is 0 Å². The van der Waals surface area contributed by atoms with Gasteiger partial charge in [-0.05, 0) is 136 Å². The van der Waals surface area contributed by atoms with Crippen LogP contribution in [0, 0.1) is 0 Å². The number of hydrogen-bond acceptors (Lipinski definition) is 2. The maximum absolute atomic E-state index is 4.36. The van der Waals surface area contributed by atoms with Crippen molar-refractivity contribution in [2.24, 2.45) is 0 Å². The first kappa shape index (κ1) is 37.9. The van der Waals surface area contributed by atoms with Gasteiger partial charge in [-0.2, -0.15) is 0 Å². The van der Waals surface area contributed by atoms with Crippen molar-refractivity contribution in [1.82, 2.24) is 0 Å². The average Bonchev–Trinajstić information content (AvgIpc) is 3.41. The summed E-state index contributed by atoms with van der Waals surface area (Å²) in [4.78, 5) is 1.26. The molecule has 9 aromatic carbocycles.